The molecule has 2 saturated heterocycles. The second kappa shape index (κ2) is 7.77. The van der Waals surface area contributed by atoms with Gasteiger partial charge in [0.15, 0.2) is 0 Å². The molecule has 3 heteroatoms. The summed E-state index contributed by atoms with van der Waals surface area (Å²) in [6, 6.07) is 9.52. The average Bonchev–Trinajstić information content (AvgIpc) is 3.04. The zero-order chi connectivity index (χ0) is 17.2. The number of morpholine rings is 1. The third-order valence-corrected chi connectivity index (χ3v) is 6.30. The third kappa shape index (κ3) is 4.45. The summed E-state index contributed by atoms with van der Waals surface area (Å²) in [5.41, 5.74) is 3.04. The summed E-state index contributed by atoms with van der Waals surface area (Å²) in [6.45, 7) is 11.6. The van der Waals surface area contributed by atoms with Crippen molar-refractivity contribution in [2.75, 3.05) is 32.7 Å². The van der Waals surface area contributed by atoms with Crippen molar-refractivity contribution < 1.29 is 4.74 Å². The van der Waals surface area contributed by atoms with Gasteiger partial charge in [0.2, 0.25) is 0 Å². The lowest BCUT2D eigenvalue weighted by Crippen LogP contribution is -2.48. The Bertz CT molecular complexity index is 536. The maximum absolute atomic E-state index is 5.85. The Labute approximate surface area is 153 Å². The van der Waals surface area contributed by atoms with Crippen LogP contribution in [0, 0.1) is 5.92 Å². The van der Waals surface area contributed by atoms with Gasteiger partial charge in [-0.2, -0.15) is 0 Å². The van der Waals surface area contributed by atoms with Gasteiger partial charge in [0, 0.05) is 26.2 Å². The Morgan fingerprint density at radius 2 is 1.56 bits per heavy atom. The molecule has 0 N–H and O–H groups in total. The van der Waals surface area contributed by atoms with Crippen molar-refractivity contribution in [1.82, 2.24) is 9.80 Å². The molecule has 2 aliphatic heterocycles. The number of likely N-dealkylation sites (tertiary alicyclic amines) is 1. The van der Waals surface area contributed by atoms with E-state index >= 15 is 0 Å². The molecule has 0 aromatic heterocycles. The first-order chi connectivity index (χ1) is 12.2. The molecule has 138 valence electrons. The summed E-state index contributed by atoms with van der Waals surface area (Å²) in [7, 11) is 0. The van der Waals surface area contributed by atoms with Gasteiger partial charge in [-0.3, -0.25) is 9.80 Å². The summed E-state index contributed by atoms with van der Waals surface area (Å²) in [5.74, 6) is 1.67. The second-order valence-electron chi connectivity index (χ2n) is 8.74. The van der Waals surface area contributed by atoms with E-state index in [-0.39, 0.29) is 0 Å². The van der Waals surface area contributed by atoms with Gasteiger partial charge >= 0.3 is 0 Å². The molecule has 0 radical (unpaired) electrons. The van der Waals surface area contributed by atoms with Crippen molar-refractivity contribution in [3.05, 3.63) is 35.4 Å². The molecule has 0 amide bonds. The Morgan fingerprint density at radius 1 is 0.920 bits per heavy atom. The molecule has 1 aromatic carbocycles. The minimum atomic E-state index is 0.391. The highest BCUT2D eigenvalue weighted by Gasteiger charge is 2.33. The van der Waals surface area contributed by atoms with Crippen LogP contribution in [0.25, 0.3) is 0 Å². The summed E-state index contributed by atoms with van der Waals surface area (Å²) in [5, 5.41) is 0. The van der Waals surface area contributed by atoms with Crippen LogP contribution in [-0.4, -0.2) is 54.7 Å². The molecular formula is C22H34N2O. The van der Waals surface area contributed by atoms with Crippen LogP contribution in [0.15, 0.2) is 24.3 Å². The summed E-state index contributed by atoms with van der Waals surface area (Å²) >= 11 is 0. The standard InChI is InChI=1S/C22H34N2O/c1-17-13-24(14-18(2)25-17)16-20-11-22(12-20)21-7-5-19(6-8-21)15-23-9-3-4-10-23/h5-8,17-18,20,22H,3-4,9-16H2,1-2H3/t17-,18+,20-,22+. The first-order valence-corrected chi connectivity index (χ1v) is 10.3. The topological polar surface area (TPSA) is 15.7 Å². The Kier molecular flexibility index (Phi) is 5.44. The van der Waals surface area contributed by atoms with Crippen LogP contribution in [0.5, 0.6) is 0 Å². The monoisotopic (exact) mass is 342 g/mol. The van der Waals surface area contributed by atoms with Crippen molar-refractivity contribution in [2.45, 2.75) is 64.2 Å². The third-order valence-electron chi connectivity index (χ3n) is 6.30. The molecular weight excluding hydrogens is 308 g/mol. The summed E-state index contributed by atoms with van der Waals surface area (Å²) < 4.78 is 5.85. The summed E-state index contributed by atoms with van der Waals surface area (Å²) in [6.07, 6.45) is 6.27. The molecule has 4 rings (SSSR count). The van der Waals surface area contributed by atoms with Crippen molar-refractivity contribution >= 4 is 0 Å². The van der Waals surface area contributed by atoms with Crippen molar-refractivity contribution in [3.63, 3.8) is 0 Å². The predicted octanol–water partition coefficient (Wildman–Crippen LogP) is 3.89. The quantitative estimate of drug-likeness (QED) is 0.807. The van der Waals surface area contributed by atoms with E-state index in [1.54, 1.807) is 5.56 Å². The molecule has 0 unspecified atom stereocenters. The minimum absolute atomic E-state index is 0.391. The smallest absolute Gasteiger partial charge is 0.0678 e. The molecule has 1 aromatic rings. The highest BCUT2D eigenvalue weighted by atomic mass is 16.5. The number of ether oxygens (including phenoxy) is 1. The molecule has 25 heavy (non-hydrogen) atoms. The van der Waals surface area contributed by atoms with E-state index in [0.29, 0.717) is 12.2 Å². The first-order valence-electron chi connectivity index (χ1n) is 10.3. The van der Waals surface area contributed by atoms with E-state index in [2.05, 4.69) is 47.9 Å². The lowest BCUT2D eigenvalue weighted by atomic mass is 9.71. The minimum Gasteiger partial charge on any atom is -0.373 e. The van der Waals surface area contributed by atoms with E-state index in [9.17, 15) is 0 Å². The first kappa shape index (κ1) is 17.5. The van der Waals surface area contributed by atoms with E-state index in [1.807, 2.05) is 0 Å². The molecule has 3 aliphatic rings. The maximum Gasteiger partial charge on any atom is 0.0678 e. The van der Waals surface area contributed by atoms with Crippen LogP contribution in [-0.2, 0) is 11.3 Å². The molecule has 3 fully saturated rings. The van der Waals surface area contributed by atoms with Gasteiger partial charge < -0.3 is 4.74 Å². The summed E-state index contributed by atoms with van der Waals surface area (Å²) in [4.78, 5) is 5.21. The van der Waals surface area contributed by atoms with Crippen molar-refractivity contribution in [1.29, 1.82) is 0 Å². The molecule has 2 heterocycles. The lowest BCUT2D eigenvalue weighted by Gasteiger charge is -2.42. The number of nitrogens with zero attached hydrogens (tertiary/aromatic N) is 2. The fraction of sp³-hybridized carbons (Fsp3) is 0.727. The highest BCUT2D eigenvalue weighted by Crippen LogP contribution is 2.42. The van der Waals surface area contributed by atoms with Gasteiger partial charge in [-0.05, 0) is 75.6 Å². The SMILES string of the molecule is C[C@@H]1CN(C[C@H]2C[C@@H](c3ccc(CN4CCCC4)cc3)C2)C[C@H](C)O1. The van der Waals surface area contributed by atoms with Crippen LogP contribution in [0.3, 0.4) is 0 Å². The maximum atomic E-state index is 5.85. The molecule has 1 aliphatic carbocycles. The Balaban J connectivity index is 1.23. The van der Waals surface area contributed by atoms with E-state index in [4.69, 9.17) is 4.74 Å². The van der Waals surface area contributed by atoms with Gasteiger partial charge in [-0.15, -0.1) is 0 Å². The number of hydrogen-bond acceptors (Lipinski definition) is 3. The number of benzene rings is 1. The zero-order valence-electron chi connectivity index (χ0n) is 16.0. The van der Waals surface area contributed by atoms with Gasteiger partial charge in [0.05, 0.1) is 12.2 Å². The Hall–Kier alpha value is -0.900. The van der Waals surface area contributed by atoms with E-state index in [1.165, 1.54) is 50.9 Å². The normalized spacial score (nSPS) is 34.2. The highest BCUT2D eigenvalue weighted by molar-refractivity contribution is 5.27. The molecule has 0 spiro atoms. The van der Waals surface area contributed by atoms with Crippen LogP contribution in [0.1, 0.15) is 56.6 Å². The van der Waals surface area contributed by atoms with E-state index < -0.39 is 0 Å². The van der Waals surface area contributed by atoms with Crippen LogP contribution in [0.4, 0.5) is 0 Å². The fourth-order valence-electron chi connectivity index (χ4n) is 5.05. The van der Waals surface area contributed by atoms with Crippen molar-refractivity contribution in [2.24, 2.45) is 5.92 Å². The number of hydrogen-bond donors (Lipinski definition) is 0. The zero-order valence-corrected chi connectivity index (χ0v) is 16.0. The van der Waals surface area contributed by atoms with Gasteiger partial charge in [0.1, 0.15) is 0 Å². The second-order valence-corrected chi connectivity index (χ2v) is 8.74. The lowest BCUT2D eigenvalue weighted by molar-refractivity contribution is -0.0746. The van der Waals surface area contributed by atoms with E-state index in [0.717, 1.165) is 31.5 Å². The number of rotatable bonds is 5. The Morgan fingerprint density at radius 3 is 2.20 bits per heavy atom. The fourth-order valence-corrected chi connectivity index (χ4v) is 5.05. The van der Waals surface area contributed by atoms with Crippen molar-refractivity contribution in [3.8, 4) is 0 Å². The van der Waals surface area contributed by atoms with Gasteiger partial charge in [0.25, 0.3) is 0 Å². The molecule has 1 saturated carbocycles. The average molecular weight is 343 g/mol. The largest absolute Gasteiger partial charge is 0.373 e. The van der Waals surface area contributed by atoms with Crippen LogP contribution < -0.4 is 0 Å². The van der Waals surface area contributed by atoms with Crippen LogP contribution >= 0.6 is 0 Å². The molecule has 2 atom stereocenters. The van der Waals surface area contributed by atoms with Gasteiger partial charge in [-0.1, -0.05) is 24.3 Å². The van der Waals surface area contributed by atoms with Gasteiger partial charge in [-0.25, -0.2) is 0 Å². The molecule has 0 bridgehead atoms. The predicted molar refractivity (Wildman–Crippen MR) is 103 cm³/mol. The van der Waals surface area contributed by atoms with Crippen LogP contribution in [0.2, 0.25) is 0 Å². The molecule has 3 nitrogen and oxygen atoms in total.